The molecule has 0 unspecified atom stereocenters. The van der Waals surface area contributed by atoms with Crippen molar-refractivity contribution < 1.29 is 18.7 Å². The molecule has 10 heteroatoms. The molecule has 0 radical (unpaired) electrons. The van der Waals surface area contributed by atoms with Gasteiger partial charge in [0.15, 0.2) is 5.16 Å². The molecule has 1 heterocycles. The molecule has 0 aliphatic carbocycles. The number of ether oxygens (including phenoxy) is 1. The molecule has 0 fully saturated rings. The molecule has 0 saturated heterocycles. The lowest BCUT2D eigenvalue weighted by Crippen LogP contribution is -2.17. The fourth-order valence-corrected chi connectivity index (χ4v) is 3.30. The van der Waals surface area contributed by atoms with E-state index in [2.05, 4.69) is 20.8 Å². The van der Waals surface area contributed by atoms with E-state index in [0.717, 1.165) is 0 Å². The molecule has 8 nitrogen and oxygen atoms in total. The summed E-state index contributed by atoms with van der Waals surface area (Å²) in [6.45, 7) is 0. The average molecular weight is 429 g/mol. The predicted molar refractivity (Wildman–Crippen MR) is 112 cm³/mol. The molecule has 3 aromatic rings. The van der Waals surface area contributed by atoms with Gasteiger partial charge in [-0.3, -0.25) is 9.59 Å². The van der Waals surface area contributed by atoms with Crippen molar-refractivity contribution in [2.75, 3.05) is 23.5 Å². The van der Waals surface area contributed by atoms with Gasteiger partial charge in [-0.25, -0.2) is 4.39 Å². The van der Waals surface area contributed by atoms with Gasteiger partial charge in [-0.1, -0.05) is 23.9 Å². The van der Waals surface area contributed by atoms with E-state index in [9.17, 15) is 14.0 Å². The maximum absolute atomic E-state index is 12.9. The minimum Gasteiger partial charge on any atom is -0.495 e. The number of halogens is 1. The maximum Gasteiger partial charge on any atom is 0.234 e. The van der Waals surface area contributed by atoms with Crippen molar-refractivity contribution in [1.29, 1.82) is 0 Å². The Balaban J connectivity index is 1.54. The molecule has 1 aromatic heterocycles. The third kappa shape index (κ3) is 5.57. The minimum atomic E-state index is -0.372. The number of para-hydroxylation sites is 2. The summed E-state index contributed by atoms with van der Waals surface area (Å²) in [5.41, 5.74) is 1.08. The van der Waals surface area contributed by atoms with Crippen LogP contribution in [-0.4, -0.2) is 39.4 Å². The van der Waals surface area contributed by atoms with Gasteiger partial charge < -0.3 is 19.9 Å². The molecule has 2 amide bonds. The number of thioether (sulfide) groups is 1. The van der Waals surface area contributed by atoms with Crippen LogP contribution in [0.3, 0.4) is 0 Å². The van der Waals surface area contributed by atoms with Crippen LogP contribution in [0.4, 0.5) is 15.8 Å². The van der Waals surface area contributed by atoms with Gasteiger partial charge in [0.2, 0.25) is 11.8 Å². The van der Waals surface area contributed by atoms with Crippen LogP contribution in [0.15, 0.2) is 53.7 Å². The zero-order valence-electron chi connectivity index (χ0n) is 16.4. The largest absolute Gasteiger partial charge is 0.495 e. The minimum absolute atomic E-state index is 0.0177. The van der Waals surface area contributed by atoms with Crippen molar-refractivity contribution >= 4 is 35.0 Å². The molecule has 0 aliphatic heterocycles. The van der Waals surface area contributed by atoms with Crippen LogP contribution < -0.4 is 15.4 Å². The summed E-state index contributed by atoms with van der Waals surface area (Å²) in [6, 6.07) is 12.6. The number of methoxy groups -OCH3 is 1. The smallest absolute Gasteiger partial charge is 0.234 e. The van der Waals surface area contributed by atoms with Gasteiger partial charge in [-0.2, -0.15) is 0 Å². The Labute approximate surface area is 176 Å². The Kier molecular flexibility index (Phi) is 7.02. The Morgan fingerprint density at radius 1 is 1.07 bits per heavy atom. The topological polar surface area (TPSA) is 98.1 Å². The van der Waals surface area contributed by atoms with E-state index in [1.807, 2.05) is 6.07 Å². The molecule has 0 aliphatic rings. The van der Waals surface area contributed by atoms with E-state index >= 15 is 0 Å². The standard InChI is InChI=1S/C20H20FN5O3S/c1-26-17(11-18(27)23-15-5-3-4-6-16(15)29-2)24-25-20(26)30-12-19(28)22-14-9-7-13(21)8-10-14/h3-10H,11-12H2,1-2H3,(H,22,28)(H,23,27). The van der Waals surface area contributed by atoms with E-state index in [1.165, 1.54) is 43.1 Å². The second-order valence-electron chi connectivity index (χ2n) is 6.23. The summed E-state index contributed by atoms with van der Waals surface area (Å²) in [4.78, 5) is 24.4. The number of amides is 2. The number of rotatable bonds is 8. The number of anilines is 2. The van der Waals surface area contributed by atoms with E-state index in [-0.39, 0.29) is 29.8 Å². The van der Waals surface area contributed by atoms with Crippen LogP contribution in [0.25, 0.3) is 0 Å². The van der Waals surface area contributed by atoms with Crippen molar-refractivity contribution in [3.05, 3.63) is 60.2 Å². The SMILES string of the molecule is COc1ccccc1NC(=O)Cc1nnc(SCC(=O)Nc2ccc(F)cc2)n1C. The molecule has 0 atom stereocenters. The van der Waals surface area contributed by atoms with E-state index in [1.54, 1.807) is 29.8 Å². The maximum atomic E-state index is 12.9. The first kappa shape index (κ1) is 21.3. The average Bonchev–Trinajstić information content (AvgIpc) is 3.08. The van der Waals surface area contributed by atoms with Crippen molar-refractivity contribution in [2.24, 2.45) is 7.05 Å². The molecule has 0 bridgehead atoms. The molecule has 0 spiro atoms. The van der Waals surface area contributed by atoms with Crippen LogP contribution in [-0.2, 0) is 23.1 Å². The highest BCUT2D eigenvalue weighted by atomic mass is 32.2. The lowest BCUT2D eigenvalue weighted by atomic mass is 10.2. The van der Waals surface area contributed by atoms with Crippen molar-refractivity contribution in [1.82, 2.24) is 14.8 Å². The number of hydrogen-bond acceptors (Lipinski definition) is 6. The Morgan fingerprint density at radius 2 is 1.80 bits per heavy atom. The van der Waals surface area contributed by atoms with Crippen LogP contribution in [0.5, 0.6) is 5.75 Å². The number of nitrogens with one attached hydrogen (secondary N) is 2. The summed E-state index contributed by atoms with van der Waals surface area (Å²) >= 11 is 1.19. The number of hydrogen-bond donors (Lipinski definition) is 2. The van der Waals surface area contributed by atoms with Gasteiger partial charge in [0, 0.05) is 12.7 Å². The first-order valence-corrected chi connectivity index (χ1v) is 9.94. The van der Waals surface area contributed by atoms with Crippen LogP contribution in [0.2, 0.25) is 0 Å². The predicted octanol–water partition coefficient (Wildman–Crippen LogP) is 2.87. The molecule has 0 saturated carbocycles. The fraction of sp³-hybridized carbons (Fsp3) is 0.200. The Hall–Kier alpha value is -3.40. The lowest BCUT2D eigenvalue weighted by Gasteiger charge is -2.09. The molecule has 3 rings (SSSR count). The summed E-state index contributed by atoms with van der Waals surface area (Å²) < 4.78 is 19.8. The molecule has 2 aromatic carbocycles. The van der Waals surface area contributed by atoms with Crippen molar-refractivity contribution in [3.8, 4) is 5.75 Å². The van der Waals surface area contributed by atoms with Crippen LogP contribution >= 0.6 is 11.8 Å². The van der Waals surface area contributed by atoms with Gasteiger partial charge in [0.05, 0.1) is 25.0 Å². The van der Waals surface area contributed by atoms with E-state index in [0.29, 0.717) is 28.1 Å². The summed E-state index contributed by atoms with van der Waals surface area (Å²) in [6.07, 6.45) is 0.0177. The second-order valence-corrected chi connectivity index (χ2v) is 7.17. The fourth-order valence-electron chi connectivity index (χ4n) is 2.57. The molecular weight excluding hydrogens is 409 g/mol. The first-order chi connectivity index (χ1) is 14.5. The first-order valence-electron chi connectivity index (χ1n) is 8.95. The number of carbonyl (C=O) groups is 2. The molecular formula is C20H20FN5O3S. The molecule has 30 heavy (non-hydrogen) atoms. The number of carbonyl (C=O) groups excluding carboxylic acids is 2. The monoisotopic (exact) mass is 429 g/mol. The van der Waals surface area contributed by atoms with Gasteiger partial charge in [-0.05, 0) is 36.4 Å². The van der Waals surface area contributed by atoms with Gasteiger partial charge in [0.1, 0.15) is 17.4 Å². The van der Waals surface area contributed by atoms with E-state index < -0.39 is 0 Å². The third-order valence-corrected chi connectivity index (χ3v) is 5.11. The second kappa shape index (κ2) is 9.88. The number of aromatic nitrogens is 3. The van der Waals surface area contributed by atoms with Gasteiger partial charge in [-0.15, -0.1) is 10.2 Å². The normalized spacial score (nSPS) is 10.5. The quantitative estimate of drug-likeness (QED) is 0.535. The lowest BCUT2D eigenvalue weighted by molar-refractivity contribution is -0.116. The molecule has 156 valence electrons. The number of nitrogens with zero attached hydrogens (tertiary/aromatic N) is 3. The van der Waals surface area contributed by atoms with E-state index in [4.69, 9.17) is 4.74 Å². The highest BCUT2D eigenvalue weighted by Crippen LogP contribution is 2.23. The number of benzene rings is 2. The van der Waals surface area contributed by atoms with Crippen molar-refractivity contribution in [2.45, 2.75) is 11.6 Å². The highest BCUT2D eigenvalue weighted by Gasteiger charge is 2.15. The highest BCUT2D eigenvalue weighted by molar-refractivity contribution is 7.99. The zero-order chi connectivity index (χ0) is 21.5. The van der Waals surface area contributed by atoms with Crippen LogP contribution in [0, 0.1) is 5.82 Å². The zero-order valence-corrected chi connectivity index (χ0v) is 17.2. The van der Waals surface area contributed by atoms with Gasteiger partial charge >= 0.3 is 0 Å². The van der Waals surface area contributed by atoms with Crippen LogP contribution in [0.1, 0.15) is 5.82 Å². The summed E-state index contributed by atoms with van der Waals surface area (Å²) in [5, 5.41) is 14.0. The Morgan fingerprint density at radius 3 is 2.53 bits per heavy atom. The summed E-state index contributed by atoms with van der Waals surface area (Å²) in [5.74, 6) is 0.224. The summed E-state index contributed by atoms with van der Waals surface area (Å²) in [7, 11) is 3.26. The van der Waals surface area contributed by atoms with Crippen molar-refractivity contribution in [3.63, 3.8) is 0 Å². The molecule has 2 N–H and O–H groups in total. The Bertz CT molecular complexity index is 1040. The third-order valence-electron chi connectivity index (χ3n) is 4.09. The van der Waals surface area contributed by atoms with Gasteiger partial charge in [0.25, 0.3) is 0 Å².